The fourth-order valence-electron chi connectivity index (χ4n) is 2.35. The summed E-state index contributed by atoms with van der Waals surface area (Å²) in [6.07, 6.45) is -0.520. The summed E-state index contributed by atoms with van der Waals surface area (Å²) in [7, 11) is 1.57. The Balaban J connectivity index is 1.92. The molecule has 1 aliphatic rings. The van der Waals surface area contributed by atoms with Crippen LogP contribution in [0.25, 0.3) is 0 Å². The molecular formula is C16H23N3O4. The van der Waals surface area contributed by atoms with Crippen LogP contribution in [-0.4, -0.2) is 62.7 Å². The van der Waals surface area contributed by atoms with Gasteiger partial charge in [0, 0.05) is 31.4 Å². The third kappa shape index (κ3) is 4.94. The summed E-state index contributed by atoms with van der Waals surface area (Å²) in [5, 5.41) is 5.88. The summed E-state index contributed by atoms with van der Waals surface area (Å²) in [4.78, 5) is 26.0. The van der Waals surface area contributed by atoms with E-state index in [9.17, 15) is 9.59 Å². The third-order valence-corrected chi connectivity index (χ3v) is 3.58. The molecular weight excluding hydrogens is 298 g/mol. The number of carbonyl (C=O) groups is 2. The number of anilines is 1. The Labute approximate surface area is 135 Å². The molecule has 2 rings (SSSR count). The lowest BCUT2D eigenvalue weighted by Crippen LogP contribution is -2.50. The first-order chi connectivity index (χ1) is 11.1. The number of nitrogens with one attached hydrogen (secondary N) is 2. The topological polar surface area (TPSA) is 79.9 Å². The lowest BCUT2D eigenvalue weighted by Gasteiger charge is -2.28. The van der Waals surface area contributed by atoms with E-state index in [1.165, 1.54) is 4.90 Å². The van der Waals surface area contributed by atoms with Crippen LogP contribution in [0.5, 0.6) is 5.75 Å². The second kappa shape index (κ2) is 8.50. The molecule has 2 amide bonds. The molecule has 2 N–H and O–H groups in total. The maximum absolute atomic E-state index is 12.4. The van der Waals surface area contributed by atoms with Crippen molar-refractivity contribution in [3.8, 4) is 5.75 Å². The number of likely N-dealkylation sites (N-methyl/N-ethyl adjacent to an activating group) is 1. The predicted molar refractivity (Wildman–Crippen MR) is 86.5 cm³/mol. The van der Waals surface area contributed by atoms with Crippen LogP contribution >= 0.6 is 0 Å². The van der Waals surface area contributed by atoms with Gasteiger partial charge in [0.15, 0.2) is 0 Å². The van der Waals surface area contributed by atoms with Crippen LogP contribution in [-0.2, 0) is 14.3 Å². The predicted octanol–water partition coefficient (Wildman–Crippen LogP) is 0.471. The molecule has 0 aliphatic carbocycles. The smallest absolute Gasteiger partial charge is 0.253 e. The van der Waals surface area contributed by atoms with Gasteiger partial charge >= 0.3 is 0 Å². The van der Waals surface area contributed by atoms with Crippen molar-refractivity contribution in [1.29, 1.82) is 0 Å². The van der Waals surface area contributed by atoms with Crippen molar-refractivity contribution in [2.24, 2.45) is 0 Å². The first kappa shape index (κ1) is 17.2. The van der Waals surface area contributed by atoms with Crippen molar-refractivity contribution in [3.05, 3.63) is 24.3 Å². The van der Waals surface area contributed by atoms with Gasteiger partial charge in [-0.2, -0.15) is 0 Å². The van der Waals surface area contributed by atoms with Gasteiger partial charge in [0.25, 0.3) is 5.91 Å². The van der Waals surface area contributed by atoms with Crippen LogP contribution in [0.1, 0.15) is 6.92 Å². The lowest BCUT2D eigenvalue weighted by molar-refractivity contribution is -0.146. The summed E-state index contributed by atoms with van der Waals surface area (Å²) in [6.45, 7) is 4.01. The maximum atomic E-state index is 12.4. The molecule has 0 aromatic heterocycles. The highest BCUT2D eigenvalue weighted by atomic mass is 16.5. The highest BCUT2D eigenvalue weighted by Gasteiger charge is 2.27. The van der Waals surface area contributed by atoms with Crippen LogP contribution in [0, 0.1) is 0 Å². The van der Waals surface area contributed by atoms with Gasteiger partial charge in [-0.3, -0.25) is 9.59 Å². The number of morpholine rings is 1. The molecule has 1 aliphatic heterocycles. The molecule has 0 radical (unpaired) electrons. The molecule has 1 saturated heterocycles. The summed E-state index contributed by atoms with van der Waals surface area (Å²) < 4.78 is 10.6. The van der Waals surface area contributed by atoms with Crippen molar-refractivity contribution in [2.75, 3.05) is 45.2 Å². The van der Waals surface area contributed by atoms with Crippen LogP contribution in [0.2, 0.25) is 0 Å². The van der Waals surface area contributed by atoms with E-state index >= 15 is 0 Å². The Morgan fingerprint density at radius 3 is 2.96 bits per heavy atom. The summed E-state index contributed by atoms with van der Waals surface area (Å²) in [5.41, 5.74) is 0.633. The number of hydrogen-bond acceptors (Lipinski definition) is 5. The standard InChI is InChI=1S/C16H23N3O4/c1-3-19(16(21)14-10-17-7-8-23-14)11-15(20)18-12-5-4-6-13(9-12)22-2/h4-6,9,14,17H,3,7-8,10-11H2,1-2H3,(H,18,20). The minimum absolute atomic E-state index is 0.00754. The van der Waals surface area contributed by atoms with Gasteiger partial charge < -0.3 is 25.0 Å². The van der Waals surface area contributed by atoms with E-state index in [1.807, 2.05) is 6.92 Å². The van der Waals surface area contributed by atoms with E-state index in [1.54, 1.807) is 31.4 Å². The molecule has 126 valence electrons. The quantitative estimate of drug-likeness (QED) is 0.796. The normalized spacial score (nSPS) is 17.4. The molecule has 1 aromatic carbocycles. The molecule has 1 heterocycles. The molecule has 7 nitrogen and oxygen atoms in total. The van der Waals surface area contributed by atoms with E-state index in [0.717, 1.165) is 6.54 Å². The molecule has 0 bridgehead atoms. The molecule has 1 aromatic rings. The fourth-order valence-corrected chi connectivity index (χ4v) is 2.35. The van der Waals surface area contributed by atoms with Crippen LogP contribution in [0.15, 0.2) is 24.3 Å². The van der Waals surface area contributed by atoms with E-state index in [4.69, 9.17) is 9.47 Å². The van der Waals surface area contributed by atoms with Gasteiger partial charge in [-0.1, -0.05) is 6.07 Å². The van der Waals surface area contributed by atoms with Gasteiger partial charge in [-0.25, -0.2) is 0 Å². The van der Waals surface area contributed by atoms with Gasteiger partial charge in [-0.05, 0) is 19.1 Å². The second-order valence-electron chi connectivity index (χ2n) is 5.20. The third-order valence-electron chi connectivity index (χ3n) is 3.58. The lowest BCUT2D eigenvalue weighted by atomic mass is 10.2. The average Bonchev–Trinajstić information content (AvgIpc) is 2.60. The van der Waals surface area contributed by atoms with Gasteiger partial charge in [0.05, 0.1) is 20.3 Å². The minimum Gasteiger partial charge on any atom is -0.497 e. The molecule has 7 heteroatoms. The number of rotatable bonds is 6. The van der Waals surface area contributed by atoms with Crippen molar-refractivity contribution in [2.45, 2.75) is 13.0 Å². The second-order valence-corrected chi connectivity index (χ2v) is 5.20. The maximum Gasteiger partial charge on any atom is 0.253 e. The minimum atomic E-state index is -0.520. The Kier molecular flexibility index (Phi) is 6.37. The van der Waals surface area contributed by atoms with Gasteiger partial charge in [-0.15, -0.1) is 0 Å². The van der Waals surface area contributed by atoms with E-state index in [0.29, 0.717) is 31.1 Å². The number of nitrogens with zero attached hydrogens (tertiary/aromatic N) is 1. The van der Waals surface area contributed by atoms with Crippen LogP contribution < -0.4 is 15.4 Å². The Morgan fingerprint density at radius 2 is 2.30 bits per heavy atom. The monoisotopic (exact) mass is 321 g/mol. The van der Waals surface area contributed by atoms with Gasteiger partial charge in [0.2, 0.25) is 5.91 Å². The molecule has 0 saturated carbocycles. The van der Waals surface area contributed by atoms with Crippen LogP contribution in [0.4, 0.5) is 5.69 Å². The van der Waals surface area contributed by atoms with Crippen LogP contribution in [0.3, 0.4) is 0 Å². The number of carbonyl (C=O) groups excluding carboxylic acids is 2. The zero-order chi connectivity index (χ0) is 16.7. The number of benzene rings is 1. The van der Waals surface area contributed by atoms with Crippen molar-refractivity contribution in [3.63, 3.8) is 0 Å². The van der Waals surface area contributed by atoms with E-state index in [2.05, 4.69) is 10.6 Å². The average molecular weight is 321 g/mol. The first-order valence-electron chi connectivity index (χ1n) is 7.69. The Morgan fingerprint density at radius 1 is 1.48 bits per heavy atom. The number of ether oxygens (including phenoxy) is 2. The van der Waals surface area contributed by atoms with Crippen molar-refractivity contribution >= 4 is 17.5 Å². The van der Waals surface area contributed by atoms with Crippen molar-refractivity contribution in [1.82, 2.24) is 10.2 Å². The largest absolute Gasteiger partial charge is 0.497 e. The molecule has 1 fully saturated rings. The number of hydrogen-bond donors (Lipinski definition) is 2. The SMILES string of the molecule is CCN(CC(=O)Nc1cccc(OC)c1)C(=O)C1CNCCO1. The first-order valence-corrected chi connectivity index (χ1v) is 7.69. The fraction of sp³-hybridized carbons (Fsp3) is 0.500. The van der Waals surface area contributed by atoms with E-state index in [-0.39, 0.29) is 18.4 Å². The molecule has 23 heavy (non-hydrogen) atoms. The molecule has 1 atom stereocenters. The zero-order valence-corrected chi connectivity index (χ0v) is 13.5. The van der Waals surface area contributed by atoms with Crippen molar-refractivity contribution < 1.29 is 19.1 Å². The number of amides is 2. The Hall–Kier alpha value is -2.12. The summed E-state index contributed by atoms with van der Waals surface area (Å²) >= 11 is 0. The Bertz CT molecular complexity index is 544. The zero-order valence-electron chi connectivity index (χ0n) is 13.5. The van der Waals surface area contributed by atoms with Gasteiger partial charge in [0.1, 0.15) is 11.9 Å². The summed E-state index contributed by atoms with van der Waals surface area (Å²) in [5.74, 6) is 0.241. The highest BCUT2D eigenvalue weighted by Crippen LogP contribution is 2.16. The molecule has 0 spiro atoms. The highest BCUT2D eigenvalue weighted by molar-refractivity contribution is 5.95. The summed E-state index contributed by atoms with van der Waals surface area (Å²) in [6, 6.07) is 7.08. The number of methoxy groups -OCH3 is 1. The molecule has 1 unspecified atom stereocenters. The van der Waals surface area contributed by atoms with E-state index < -0.39 is 6.10 Å².